The molecule has 2 aromatic carbocycles. The lowest BCUT2D eigenvalue weighted by atomic mass is 9.47. The van der Waals surface area contributed by atoms with Gasteiger partial charge in [-0.15, -0.1) is 0 Å². The Balaban J connectivity index is 0.000000392. The largest absolute Gasteiger partial charge is 0.481 e. The molecule has 2 saturated heterocycles. The fourth-order valence-electron chi connectivity index (χ4n) is 20.3. The van der Waals surface area contributed by atoms with E-state index >= 15 is 4.79 Å². The SMILES string of the molecule is CCC(CO)OC(CO)OC.CCC(CO)OC(COC(=O)CCC(=O)O)OC.CCC(CO)OC(COC(=O)CCCC(=O)NC(C)C(=O)OCCCCC(=O)[C@]1(O)C2N(C)c3cc(C)c([C@@]4(C)C[C@@H]5CN(CCc6c4[nH]c4ccccc64)CC(O)(CC)C5)cc3[C@@]23CCN2CC=C[C@](CC)(C23)[C@H]1O)OC.CCC(COC(=O)CCC(=O)NCCCNC(=O)CCC(C)(C)SSc1ccc([N+](=O)[O-])cn1)OC(CO)OC.O=C=O. The number of anilines is 1. The maximum atomic E-state index is 15.2. The van der Waals surface area contributed by atoms with Crippen LogP contribution in [-0.4, -0.2) is 361 Å². The Hall–Kier alpha value is -9.14. The van der Waals surface area contributed by atoms with Gasteiger partial charge >= 0.3 is 36.0 Å². The summed E-state index contributed by atoms with van der Waals surface area (Å²) in [7, 11) is 10.6. The number of carboxylic acid groups (broad SMARTS) is 1. The monoisotopic (exact) mass is 2160 g/mol. The fraction of sp³-hybridized carbons (Fsp3) is 0.705. The number of esters is 4. The number of aryl methyl sites for hydroxylation is 1. The third-order valence-corrected chi connectivity index (χ3v) is 31.7. The second-order valence-corrected chi connectivity index (χ2v) is 42.1. The van der Waals surface area contributed by atoms with E-state index in [1.54, 1.807) is 16.9 Å². The van der Waals surface area contributed by atoms with Crippen molar-refractivity contribution in [3.8, 4) is 0 Å². The number of para-hydroxylation sites is 1. The van der Waals surface area contributed by atoms with E-state index in [1.165, 1.54) is 80.6 Å². The number of amides is 3. The Morgan fingerprint density at radius 3 is 1.77 bits per heavy atom. The first-order chi connectivity index (χ1) is 71.5. The molecule has 4 aromatic rings. The van der Waals surface area contributed by atoms with Gasteiger partial charge in [0, 0.05) is 162 Å². The van der Waals surface area contributed by atoms with E-state index in [1.807, 2.05) is 48.6 Å². The number of aromatic nitrogens is 2. The van der Waals surface area contributed by atoms with Gasteiger partial charge < -0.3 is 129 Å². The lowest BCUT2D eigenvalue weighted by molar-refractivity contribution is -0.385. The number of aliphatic carboxylic acids is 1. The Morgan fingerprint density at radius 2 is 1.22 bits per heavy atom. The van der Waals surface area contributed by atoms with Crippen LogP contribution in [0.3, 0.4) is 0 Å². The van der Waals surface area contributed by atoms with Crippen LogP contribution < -0.4 is 20.9 Å². The minimum absolute atomic E-state index is 0.00219. The predicted octanol–water partition coefficient (Wildman–Crippen LogP) is 7.96. The Morgan fingerprint density at radius 1 is 0.653 bits per heavy atom. The van der Waals surface area contributed by atoms with E-state index in [4.69, 9.17) is 92.0 Å². The molecule has 1 saturated carbocycles. The number of H-pyrrole nitrogens is 1. The highest BCUT2D eigenvalue weighted by molar-refractivity contribution is 8.77. The summed E-state index contributed by atoms with van der Waals surface area (Å²) in [6, 6.07) is 14.4. The molecule has 2 bridgehead atoms. The smallest absolute Gasteiger partial charge is 0.373 e. The van der Waals surface area contributed by atoms with Gasteiger partial charge in [0.25, 0.3) is 5.69 Å². The number of aromatic amines is 1. The van der Waals surface area contributed by atoms with E-state index in [0.29, 0.717) is 102 Å². The number of rotatable bonds is 59. The molecule has 5 aliphatic heterocycles. The standard InChI is InChI=1S/C61H87N5O12.C25H40N4O9S2.C11H20O7.C7H16O4.CO2/c1-9-41(35-67)78-51(75-8)36-77-50(70)22-16-21-49(69)62-39(5)53(71)76-29-15-14-20-48(68)61(74)55-60(25-28-66-26-17-24-59(11-3,54(60)66)56(61)72)45-31-44(38(4)30-47(45)64(55)7)57(6)32-40-33-58(73,10-2)37-65(34-40)27-23-43-42-18-12-13-19-46(42)63-52(43)57;1-5-19(38-24(16-30)36-4)17-37-23(33)10-8-20(31)26-13-6-14-27-21(32)11-12-25(2,3)40-39-22-9-7-18(15-28-22)29(34)35;1-3-8(6-12)18-11(16-2)7-17-10(15)5-4-9(13)14;1-3-6(4-8)11-7(5-9)10-2;2-1-3/h12-13,17-19,24,30-31,39-41,51,54-56,63,67,72-74H,9-11,14-16,20-23,25-29,32-37H2,1-8H3,(H,62,69);7,9,15,19,24,30H,5-6,8,10-14,16-17H2,1-4H3,(H,26,31)(H,27,32);8,11-12H,3-7H2,1-2H3,(H,13,14);6-9H,3-5H2,1-2H3;/t39?,40-,41?,51?,54?,55?,56+,57+,58?,59+,60+,61-;;;;/m0..../s1. The van der Waals surface area contributed by atoms with Crippen LogP contribution in [0.1, 0.15) is 238 Å². The van der Waals surface area contributed by atoms with Crippen LogP contribution in [0.25, 0.3) is 10.9 Å². The first-order valence-electron chi connectivity index (χ1n) is 51.7. The van der Waals surface area contributed by atoms with Crippen molar-refractivity contribution >= 4 is 103 Å². The molecule has 1 aliphatic carbocycles. The van der Waals surface area contributed by atoms with Crippen molar-refractivity contribution in [1.29, 1.82) is 0 Å². The number of benzene rings is 2. The molecule has 43 nitrogen and oxygen atoms in total. The average Bonchev–Trinajstić information content (AvgIpc) is 1.47. The van der Waals surface area contributed by atoms with Crippen molar-refractivity contribution < 1.29 is 160 Å². The van der Waals surface area contributed by atoms with Gasteiger partial charge in [-0.2, -0.15) is 9.59 Å². The summed E-state index contributed by atoms with van der Waals surface area (Å²) < 4.78 is 61.7. The Bertz CT molecular complexity index is 4930. The van der Waals surface area contributed by atoms with Gasteiger partial charge in [-0.3, -0.25) is 58.3 Å². The minimum atomic E-state index is -2.17. The lowest BCUT2D eigenvalue weighted by Crippen LogP contribution is -2.80. The van der Waals surface area contributed by atoms with Crippen LogP contribution >= 0.6 is 21.6 Å². The molecule has 0 radical (unpaired) electrons. The van der Waals surface area contributed by atoms with Crippen LogP contribution in [0.2, 0.25) is 0 Å². The summed E-state index contributed by atoms with van der Waals surface area (Å²) >= 11 is 0. The number of carbonyl (C=O) groups excluding carboxylic acids is 10. The van der Waals surface area contributed by atoms with Crippen LogP contribution in [0.5, 0.6) is 0 Å². The number of hydrogen-bond acceptors (Lipinski definition) is 39. The van der Waals surface area contributed by atoms with Gasteiger partial charge in [0.1, 0.15) is 43.2 Å². The van der Waals surface area contributed by atoms with Crippen LogP contribution in [-0.2, 0) is 127 Å². The summed E-state index contributed by atoms with van der Waals surface area (Å²) in [6.07, 6.45) is 8.09. The number of Topliss-reactive ketones (excluding diaryl/α,β-unsaturated/α-hetero) is 1. The number of aliphatic hydroxyl groups excluding tert-OH is 6. The summed E-state index contributed by atoms with van der Waals surface area (Å²) in [5, 5.41) is 112. The molecule has 150 heavy (non-hydrogen) atoms. The van der Waals surface area contributed by atoms with E-state index < -0.39 is 129 Å². The number of pyridine rings is 1. The number of carbonyl (C=O) groups is 9. The molecule has 2 aromatic heterocycles. The number of carboxylic acids is 1. The number of methoxy groups -OCH3 is 4. The molecule has 3 amide bonds. The number of nitrogens with one attached hydrogen (secondary N) is 4. The van der Waals surface area contributed by atoms with Crippen molar-refractivity contribution in [1.82, 2.24) is 35.7 Å². The van der Waals surface area contributed by atoms with Crippen LogP contribution in [0.15, 0.2) is 71.9 Å². The molecule has 10 rings (SSSR count). The number of hydrogen-bond donors (Lipinski definition) is 13. The molecule has 7 heterocycles. The highest BCUT2D eigenvalue weighted by Crippen LogP contribution is 2.68. The van der Waals surface area contributed by atoms with Gasteiger partial charge in [0.05, 0.1) is 99.9 Å². The molecule has 45 heteroatoms. The number of ketones is 1. The van der Waals surface area contributed by atoms with Gasteiger partial charge in [0.2, 0.25) is 17.7 Å². The first kappa shape index (κ1) is 130. The van der Waals surface area contributed by atoms with Gasteiger partial charge in [0.15, 0.2) is 36.5 Å². The quantitative estimate of drug-likeness (QED) is 0.00291. The fourth-order valence-corrected chi connectivity index (χ4v) is 22.5. The molecule has 3 fully saturated rings. The molecule has 6 aliphatic rings. The highest BCUT2D eigenvalue weighted by Gasteiger charge is 2.78. The summed E-state index contributed by atoms with van der Waals surface area (Å²) in [5.41, 5.74) is 2.87. The number of likely N-dealkylation sites (N-methyl/N-ethyl adjacent to an activating group) is 1. The second-order valence-electron chi connectivity index (χ2n) is 39.2. The summed E-state index contributed by atoms with van der Waals surface area (Å²) in [4.78, 5) is 152. The second kappa shape index (κ2) is 64.3. The van der Waals surface area contributed by atoms with E-state index in [9.17, 15) is 68.9 Å². The molecule has 13 unspecified atom stereocenters. The number of fused-ring (bicyclic) bond motifs is 6. The molecule has 1 spiro atoms. The number of nitrogens with zero attached hydrogens (tertiary/aromatic N) is 5. The molecular weight excluding hydrogens is 2000 g/mol. The third-order valence-electron chi connectivity index (χ3n) is 28.4. The molecular formula is C105H163N9O34S2. The van der Waals surface area contributed by atoms with Gasteiger partial charge in [-0.25, -0.2) is 9.78 Å². The third kappa shape index (κ3) is 36.8. The van der Waals surface area contributed by atoms with Crippen LogP contribution in [0.4, 0.5) is 11.4 Å². The predicted molar refractivity (Wildman–Crippen MR) is 554 cm³/mol. The lowest BCUT2D eigenvalue weighted by Gasteiger charge is -2.63. The number of nitro groups is 1. The number of aliphatic hydroxyl groups is 8. The van der Waals surface area contributed by atoms with Crippen molar-refractivity contribution in [2.24, 2.45) is 11.3 Å². The van der Waals surface area contributed by atoms with Gasteiger partial charge in [-0.05, 0) is 195 Å². The van der Waals surface area contributed by atoms with Crippen LogP contribution in [0, 0.1) is 28.4 Å². The van der Waals surface area contributed by atoms with E-state index in [-0.39, 0.29) is 170 Å². The zero-order valence-electron chi connectivity index (χ0n) is 89.7. The van der Waals surface area contributed by atoms with Crippen molar-refractivity contribution in [2.45, 2.75) is 329 Å². The maximum absolute atomic E-state index is 15.2. The van der Waals surface area contributed by atoms with Crippen molar-refractivity contribution in [3.63, 3.8) is 0 Å². The topological polar surface area (TPSA) is 598 Å². The maximum Gasteiger partial charge on any atom is 0.373 e. The highest BCUT2D eigenvalue weighted by atomic mass is 33.1. The summed E-state index contributed by atoms with van der Waals surface area (Å²) in [6.45, 7) is 25.2. The average molecular weight is 2160 g/mol. The Kier molecular flexibility index (Phi) is 55.5. The van der Waals surface area contributed by atoms with Crippen molar-refractivity contribution in [2.75, 3.05) is 146 Å². The molecule has 13 N–H and O–H groups in total. The van der Waals surface area contributed by atoms with E-state index in [2.05, 4.69) is 117 Å². The minimum Gasteiger partial charge on any atom is -0.481 e. The molecule has 844 valence electrons. The number of unbranched alkanes of at least 4 members (excludes halogenated alkanes) is 1. The van der Waals surface area contributed by atoms with Crippen molar-refractivity contribution in [3.05, 3.63) is 105 Å². The normalized spacial score (nSPS) is 23.1. The molecule has 19 atom stereocenters. The Labute approximate surface area is 886 Å². The van der Waals surface area contributed by atoms with E-state index in [0.717, 1.165) is 61.2 Å². The first-order valence-corrected chi connectivity index (χ1v) is 53.8. The zero-order chi connectivity index (χ0) is 111. The summed E-state index contributed by atoms with van der Waals surface area (Å²) in [5.74, 6) is -4.42. The number of ether oxygens (including phenoxy) is 12. The number of piperidine rings is 1. The zero-order valence-corrected chi connectivity index (χ0v) is 91.4. The van der Waals surface area contributed by atoms with Gasteiger partial charge in [-0.1, -0.05) is 88.8 Å².